The van der Waals surface area contributed by atoms with Crippen molar-refractivity contribution in [1.82, 2.24) is 9.88 Å². The van der Waals surface area contributed by atoms with Gasteiger partial charge in [-0.05, 0) is 24.3 Å². The zero-order valence-corrected chi connectivity index (χ0v) is 14.4. The smallest absolute Gasteiger partial charge is 0.328 e. The fraction of sp³-hybridized carbons (Fsp3) is 0.389. The van der Waals surface area contributed by atoms with Gasteiger partial charge < -0.3 is 23.9 Å². The Balaban J connectivity index is 1.60. The monoisotopic (exact) mass is 360 g/mol. The van der Waals surface area contributed by atoms with E-state index in [9.17, 15) is 14.7 Å². The molecular weight excluding hydrogens is 340 g/mol. The van der Waals surface area contributed by atoms with Gasteiger partial charge in [-0.2, -0.15) is 0 Å². The number of nitrogens with zero attached hydrogens (tertiary/aromatic N) is 2. The third-order valence-corrected chi connectivity index (χ3v) is 4.21. The van der Waals surface area contributed by atoms with E-state index in [1.165, 1.54) is 4.90 Å². The lowest BCUT2D eigenvalue weighted by molar-refractivity contribution is -0.158. The summed E-state index contributed by atoms with van der Waals surface area (Å²) in [6.45, 7) is 0.635. The van der Waals surface area contributed by atoms with Crippen LogP contribution >= 0.6 is 0 Å². The predicted octanol–water partition coefficient (Wildman–Crippen LogP) is 1.59. The molecule has 1 fully saturated rings. The number of amides is 1. The van der Waals surface area contributed by atoms with E-state index in [-0.39, 0.29) is 25.5 Å². The van der Waals surface area contributed by atoms with E-state index < -0.39 is 12.0 Å². The van der Waals surface area contributed by atoms with Crippen LogP contribution in [0.15, 0.2) is 34.9 Å². The highest BCUT2D eigenvalue weighted by molar-refractivity contribution is 5.84. The summed E-state index contributed by atoms with van der Waals surface area (Å²) in [5.41, 5.74) is 0.856. The van der Waals surface area contributed by atoms with Gasteiger partial charge >= 0.3 is 5.97 Å². The minimum absolute atomic E-state index is 0.0156. The summed E-state index contributed by atoms with van der Waals surface area (Å²) in [5.74, 6) is 0.479. The molecule has 0 bridgehead atoms. The number of oxazole rings is 1. The first-order valence-electron chi connectivity index (χ1n) is 8.27. The van der Waals surface area contributed by atoms with Crippen LogP contribution in [-0.2, 0) is 20.7 Å². The Morgan fingerprint density at radius 1 is 1.35 bits per heavy atom. The first-order valence-corrected chi connectivity index (χ1v) is 8.27. The number of benzene rings is 1. The normalized spacial score (nSPS) is 17.1. The quantitative estimate of drug-likeness (QED) is 0.834. The van der Waals surface area contributed by atoms with Gasteiger partial charge in [0.05, 0.1) is 26.5 Å². The number of hydrogen-bond donors (Lipinski definition) is 1. The second-order valence-electron chi connectivity index (χ2n) is 5.86. The molecule has 0 aliphatic carbocycles. The second kappa shape index (κ2) is 8.01. The maximum absolute atomic E-state index is 12.4. The summed E-state index contributed by atoms with van der Waals surface area (Å²) in [4.78, 5) is 29.1. The van der Waals surface area contributed by atoms with Gasteiger partial charge in [0.2, 0.25) is 5.91 Å². The number of methoxy groups -OCH3 is 1. The topological polar surface area (TPSA) is 102 Å². The lowest BCUT2D eigenvalue weighted by Gasteiger charge is -2.32. The third-order valence-electron chi connectivity index (χ3n) is 4.21. The number of carboxylic acids is 1. The fourth-order valence-corrected chi connectivity index (χ4v) is 2.78. The van der Waals surface area contributed by atoms with Gasteiger partial charge in [-0.3, -0.25) is 4.79 Å². The number of carboxylic acid groups (broad SMARTS) is 1. The lowest BCUT2D eigenvalue weighted by atomic mass is 10.2. The van der Waals surface area contributed by atoms with Gasteiger partial charge in [0.1, 0.15) is 5.75 Å². The predicted molar refractivity (Wildman–Crippen MR) is 90.8 cm³/mol. The molecule has 26 heavy (non-hydrogen) atoms. The maximum Gasteiger partial charge on any atom is 0.328 e. The highest BCUT2D eigenvalue weighted by Crippen LogP contribution is 2.23. The number of hydrogen-bond acceptors (Lipinski definition) is 6. The van der Waals surface area contributed by atoms with Crippen molar-refractivity contribution in [2.24, 2.45) is 0 Å². The minimum atomic E-state index is -1.06. The van der Waals surface area contributed by atoms with Crippen molar-refractivity contribution in [3.63, 3.8) is 0 Å². The van der Waals surface area contributed by atoms with Crippen molar-refractivity contribution in [3.05, 3.63) is 36.4 Å². The summed E-state index contributed by atoms with van der Waals surface area (Å²) >= 11 is 0. The van der Waals surface area contributed by atoms with Crippen molar-refractivity contribution in [1.29, 1.82) is 0 Å². The summed E-state index contributed by atoms with van der Waals surface area (Å²) in [7, 11) is 1.60. The SMILES string of the molecule is COc1ccc(-c2cnc(CCC(=O)N3CCOC[C@@H]3C(=O)O)o2)cc1. The zero-order chi connectivity index (χ0) is 18.5. The summed E-state index contributed by atoms with van der Waals surface area (Å²) in [5, 5.41) is 9.20. The molecule has 138 valence electrons. The molecule has 0 spiro atoms. The van der Waals surface area contributed by atoms with Gasteiger partial charge in [0, 0.05) is 24.9 Å². The van der Waals surface area contributed by atoms with Crippen molar-refractivity contribution in [2.45, 2.75) is 18.9 Å². The number of rotatable bonds is 6. The van der Waals surface area contributed by atoms with E-state index in [1.807, 2.05) is 24.3 Å². The molecule has 2 heterocycles. The summed E-state index contributed by atoms with van der Waals surface area (Å²) < 4.78 is 16.0. The van der Waals surface area contributed by atoms with E-state index in [2.05, 4.69) is 4.98 Å². The highest BCUT2D eigenvalue weighted by atomic mass is 16.5. The van der Waals surface area contributed by atoms with Crippen LogP contribution in [0, 0.1) is 0 Å². The largest absolute Gasteiger partial charge is 0.497 e. The van der Waals surface area contributed by atoms with Crippen LogP contribution in [0.25, 0.3) is 11.3 Å². The molecule has 8 heteroatoms. The fourth-order valence-electron chi connectivity index (χ4n) is 2.78. The molecule has 0 radical (unpaired) electrons. The maximum atomic E-state index is 12.4. The Morgan fingerprint density at radius 2 is 2.12 bits per heavy atom. The van der Waals surface area contributed by atoms with Gasteiger partial charge in [-0.25, -0.2) is 9.78 Å². The van der Waals surface area contributed by atoms with Gasteiger partial charge in [-0.1, -0.05) is 0 Å². The molecule has 1 aliphatic heterocycles. The Hall–Kier alpha value is -2.87. The van der Waals surface area contributed by atoms with Crippen LogP contribution in [0.3, 0.4) is 0 Å². The molecule has 1 aromatic carbocycles. The van der Waals surface area contributed by atoms with Gasteiger partial charge in [-0.15, -0.1) is 0 Å². The first kappa shape index (κ1) is 17.9. The molecule has 1 amide bonds. The van der Waals surface area contributed by atoms with E-state index >= 15 is 0 Å². The number of ether oxygens (including phenoxy) is 2. The van der Waals surface area contributed by atoms with Crippen molar-refractivity contribution < 1.29 is 28.6 Å². The van der Waals surface area contributed by atoms with Crippen molar-refractivity contribution in [3.8, 4) is 17.1 Å². The molecule has 1 N–H and O–H groups in total. The molecule has 1 aromatic heterocycles. The van der Waals surface area contributed by atoms with Crippen LogP contribution in [0.1, 0.15) is 12.3 Å². The Labute approximate surface area is 150 Å². The van der Waals surface area contributed by atoms with Crippen LogP contribution in [0.5, 0.6) is 5.75 Å². The first-order chi connectivity index (χ1) is 12.6. The van der Waals surface area contributed by atoms with Crippen molar-refractivity contribution >= 4 is 11.9 Å². The minimum Gasteiger partial charge on any atom is -0.497 e. The number of aryl methyl sites for hydroxylation is 1. The van der Waals surface area contributed by atoms with Crippen LogP contribution in [0.4, 0.5) is 0 Å². The number of aliphatic carboxylic acids is 1. The molecule has 1 aliphatic rings. The van der Waals surface area contributed by atoms with Gasteiger partial charge in [0.15, 0.2) is 17.7 Å². The molecular formula is C18H20N2O6. The number of morpholine rings is 1. The second-order valence-corrected chi connectivity index (χ2v) is 5.86. The van der Waals surface area contributed by atoms with E-state index in [4.69, 9.17) is 13.9 Å². The molecule has 2 aromatic rings. The van der Waals surface area contributed by atoms with Crippen LogP contribution < -0.4 is 4.74 Å². The van der Waals surface area contributed by atoms with E-state index in [0.717, 1.165) is 11.3 Å². The zero-order valence-electron chi connectivity index (χ0n) is 14.4. The molecule has 0 unspecified atom stereocenters. The van der Waals surface area contributed by atoms with Crippen LogP contribution in [-0.4, -0.2) is 59.8 Å². The molecule has 3 rings (SSSR count). The highest BCUT2D eigenvalue weighted by Gasteiger charge is 2.32. The average Bonchev–Trinajstić information content (AvgIpc) is 3.15. The molecule has 1 saturated heterocycles. The Kier molecular flexibility index (Phi) is 5.52. The van der Waals surface area contributed by atoms with E-state index in [1.54, 1.807) is 13.3 Å². The number of carbonyl (C=O) groups excluding carboxylic acids is 1. The molecule has 1 atom stereocenters. The lowest BCUT2D eigenvalue weighted by Crippen LogP contribution is -2.52. The Morgan fingerprint density at radius 3 is 2.81 bits per heavy atom. The third kappa shape index (κ3) is 4.02. The van der Waals surface area contributed by atoms with Crippen LogP contribution in [0.2, 0.25) is 0 Å². The summed E-state index contributed by atoms with van der Waals surface area (Å²) in [6.07, 6.45) is 2.04. The standard InChI is InChI=1S/C18H20N2O6/c1-24-13-4-2-12(3-5-13)15-10-19-16(26-15)6-7-17(21)20-8-9-25-11-14(20)18(22)23/h2-5,10,14H,6-9,11H2,1H3,(H,22,23)/t14-/m1/s1. The summed E-state index contributed by atoms with van der Waals surface area (Å²) in [6, 6.07) is 6.44. The average molecular weight is 360 g/mol. The number of carbonyl (C=O) groups is 2. The Bertz CT molecular complexity index is 770. The van der Waals surface area contributed by atoms with Crippen molar-refractivity contribution in [2.75, 3.05) is 26.9 Å². The van der Waals surface area contributed by atoms with E-state index in [0.29, 0.717) is 24.7 Å². The van der Waals surface area contributed by atoms with Gasteiger partial charge in [0.25, 0.3) is 0 Å². The molecule has 8 nitrogen and oxygen atoms in total. The molecule has 0 saturated carbocycles. The number of aromatic nitrogens is 1.